The maximum Gasteiger partial charge on any atom is 0.316 e. The number of anilines is 2. The fraction of sp³-hybridized carbons (Fsp3) is 0.364. The molecule has 1 fully saturated rings. The van der Waals surface area contributed by atoms with Gasteiger partial charge in [0.15, 0.2) is 0 Å². The van der Waals surface area contributed by atoms with Gasteiger partial charge in [-0.25, -0.2) is 4.98 Å². The van der Waals surface area contributed by atoms with E-state index in [1.54, 1.807) is 18.5 Å². The zero-order valence-electron chi connectivity index (χ0n) is 17.6. The molecule has 0 bridgehead atoms. The van der Waals surface area contributed by atoms with Gasteiger partial charge in [0.05, 0.1) is 29.6 Å². The zero-order valence-corrected chi connectivity index (χ0v) is 17.6. The van der Waals surface area contributed by atoms with Crippen molar-refractivity contribution in [2.24, 2.45) is 0 Å². The molecule has 8 nitrogen and oxygen atoms in total. The summed E-state index contributed by atoms with van der Waals surface area (Å²) in [6.07, 6.45) is 3.43. The summed E-state index contributed by atoms with van der Waals surface area (Å²) in [7, 11) is 1.52. The summed E-state index contributed by atoms with van der Waals surface area (Å²) < 4.78 is 5.23. The van der Waals surface area contributed by atoms with Crippen LogP contribution in [0.3, 0.4) is 0 Å². The Bertz CT molecular complexity index is 1080. The molecule has 2 unspecified atom stereocenters. The molecule has 1 aliphatic rings. The number of pyridine rings is 1. The third kappa shape index (κ3) is 3.91. The number of carbonyl (C=O) groups is 1. The molecule has 1 amide bonds. The minimum Gasteiger partial charge on any atom is -0.467 e. The Morgan fingerprint density at radius 2 is 1.97 bits per heavy atom. The predicted octanol–water partition coefficient (Wildman–Crippen LogP) is 2.78. The van der Waals surface area contributed by atoms with Crippen molar-refractivity contribution in [2.45, 2.75) is 32.9 Å². The van der Waals surface area contributed by atoms with E-state index in [4.69, 9.17) is 4.74 Å². The number of nitrogens with one attached hydrogen (secondary N) is 2. The molecule has 30 heavy (non-hydrogen) atoms. The van der Waals surface area contributed by atoms with Gasteiger partial charge in [-0.3, -0.25) is 9.78 Å². The normalized spacial score (nSPS) is 19.0. The fourth-order valence-electron chi connectivity index (χ4n) is 3.98. The quantitative estimate of drug-likeness (QED) is 0.688. The number of ether oxygens (including phenoxy) is 1. The summed E-state index contributed by atoms with van der Waals surface area (Å²) in [6.45, 7) is 7.93. The molecule has 0 radical (unpaired) electrons. The van der Waals surface area contributed by atoms with Crippen LogP contribution in [-0.2, 0) is 0 Å². The molecular weight excluding hydrogens is 380 g/mol. The van der Waals surface area contributed by atoms with Crippen molar-refractivity contribution in [3.63, 3.8) is 0 Å². The summed E-state index contributed by atoms with van der Waals surface area (Å²) in [6, 6.07) is 8.38. The van der Waals surface area contributed by atoms with Gasteiger partial charge in [-0.1, -0.05) is 0 Å². The Labute approximate surface area is 175 Å². The monoisotopic (exact) mass is 406 g/mol. The van der Waals surface area contributed by atoms with Crippen LogP contribution in [0.2, 0.25) is 0 Å². The van der Waals surface area contributed by atoms with Gasteiger partial charge in [0.1, 0.15) is 0 Å². The first-order valence-corrected chi connectivity index (χ1v) is 10.0. The Morgan fingerprint density at radius 1 is 1.20 bits per heavy atom. The van der Waals surface area contributed by atoms with Crippen molar-refractivity contribution in [3.05, 3.63) is 47.9 Å². The standard InChI is InChI=1S/C22H26N6O2/c1-13-11-28(12-14(2)25-13)19-8-7-16(20-17(19)10-24-22(27-20)30-4)21(29)26-18-6-5-9-23-15(18)3/h5-10,13-14,25H,11-12H2,1-4H3,(H,26,29). The van der Waals surface area contributed by atoms with Gasteiger partial charge in [-0.2, -0.15) is 4.98 Å². The molecule has 0 saturated carbocycles. The van der Waals surface area contributed by atoms with Crippen LogP contribution in [0, 0.1) is 6.92 Å². The molecule has 2 aromatic heterocycles. The molecule has 3 aromatic rings. The van der Waals surface area contributed by atoms with Gasteiger partial charge in [0.2, 0.25) is 0 Å². The first kappa shape index (κ1) is 20.0. The van der Waals surface area contributed by atoms with Crippen molar-refractivity contribution < 1.29 is 9.53 Å². The van der Waals surface area contributed by atoms with Gasteiger partial charge < -0.3 is 20.3 Å². The lowest BCUT2D eigenvalue weighted by molar-refractivity contribution is 0.102. The number of amides is 1. The smallest absolute Gasteiger partial charge is 0.316 e. The number of hydrogen-bond donors (Lipinski definition) is 2. The second kappa shape index (κ2) is 8.23. The van der Waals surface area contributed by atoms with Crippen LogP contribution in [0.1, 0.15) is 29.9 Å². The summed E-state index contributed by atoms with van der Waals surface area (Å²) in [4.78, 5) is 28.5. The van der Waals surface area contributed by atoms with Crippen molar-refractivity contribution in [1.82, 2.24) is 20.3 Å². The molecular formula is C22H26N6O2. The number of rotatable bonds is 4. The molecule has 156 valence electrons. The van der Waals surface area contributed by atoms with Gasteiger partial charge in [-0.15, -0.1) is 0 Å². The molecule has 1 saturated heterocycles. The summed E-state index contributed by atoms with van der Waals surface area (Å²) in [5.41, 5.74) is 3.47. The lowest BCUT2D eigenvalue weighted by Gasteiger charge is -2.38. The lowest BCUT2D eigenvalue weighted by Crippen LogP contribution is -2.54. The number of fused-ring (bicyclic) bond motifs is 1. The van der Waals surface area contributed by atoms with E-state index in [9.17, 15) is 4.79 Å². The summed E-state index contributed by atoms with van der Waals surface area (Å²) >= 11 is 0. The highest BCUT2D eigenvalue weighted by molar-refractivity contribution is 6.14. The van der Waals surface area contributed by atoms with E-state index in [0.29, 0.717) is 28.9 Å². The average Bonchev–Trinajstić information content (AvgIpc) is 2.73. The largest absolute Gasteiger partial charge is 0.467 e. The molecule has 2 N–H and O–H groups in total. The summed E-state index contributed by atoms with van der Waals surface area (Å²) in [5.74, 6) is -0.245. The van der Waals surface area contributed by atoms with Crippen LogP contribution in [0.5, 0.6) is 6.01 Å². The topological polar surface area (TPSA) is 92.3 Å². The molecule has 0 aliphatic carbocycles. The predicted molar refractivity (Wildman–Crippen MR) is 117 cm³/mol. The second-order valence-electron chi connectivity index (χ2n) is 7.72. The molecule has 8 heteroatoms. The number of hydrogen-bond acceptors (Lipinski definition) is 7. The maximum absolute atomic E-state index is 13.1. The number of aryl methyl sites for hydroxylation is 1. The number of carbonyl (C=O) groups excluding carboxylic acids is 1. The van der Waals surface area contributed by atoms with Gasteiger partial charge in [0, 0.05) is 48.6 Å². The second-order valence-corrected chi connectivity index (χ2v) is 7.72. The molecule has 2 atom stereocenters. The number of benzene rings is 1. The summed E-state index contributed by atoms with van der Waals surface area (Å²) in [5, 5.41) is 7.31. The maximum atomic E-state index is 13.1. The van der Waals surface area contributed by atoms with E-state index in [0.717, 1.165) is 29.9 Å². The fourth-order valence-corrected chi connectivity index (χ4v) is 3.98. The van der Waals surface area contributed by atoms with Crippen LogP contribution >= 0.6 is 0 Å². The van der Waals surface area contributed by atoms with E-state index in [1.807, 2.05) is 25.1 Å². The first-order valence-electron chi connectivity index (χ1n) is 10.0. The van der Waals surface area contributed by atoms with E-state index >= 15 is 0 Å². The Balaban J connectivity index is 1.77. The highest BCUT2D eigenvalue weighted by atomic mass is 16.5. The van der Waals surface area contributed by atoms with Crippen molar-refractivity contribution >= 4 is 28.2 Å². The molecule has 3 heterocycles. The molecule has 1 aliphatic heterocycles. The van der Waals surface area contributed by atoms with Crippen LogP contribution in [0.25, 0.3) is 10.9 Å². The Hall–Kier alpha value is -3.26. The molecule has 1 aromatic carbocycles. The first-order chi connectivity index (χ1) is 14.5. The number of methoxy groups -OCH3 is 1. The van der Waals surface area contributed by atoms with E-state index in [2.05, 4.69) is 44.3 Å². The average molecular weight is 406 g/mol. The Kier molecular flexibility index (Phi) is 5.50. The number of piperazine rings is 1. The van der Waals surface area contributed by atoms with Crippen LogP contribution in [0.4, 0.5) is 11.4 Å². The SMILES string of the molecule is COc1ncc2c(N3CC(C)NC(C)C3)ccc(C(=O)Nc3cccnc3C)c2n1. The number of nitrogens with zero attached hydrogens (tertiary/aromatic N) is 4. The molecule has 4 rings (SSSR count). The minimum absolute atomic E-state index is 0.230. The highest BCUT2D eigenvalue weighted by Gasteiger charge is 2.24. The molecule has 0 spiro atoms. The van der Waals surface area contributed by atoms with Gasteiger partial charge in [-0.05, 0) is 45.0 Å². The third-order valence-electron chi connectivity index (χ3n) is 5.29. The number of aromatic nitrogens is 3. The van der Waals surface area contributed by atoms with Crippen LogP contribution < -0.4 is 20.3 Å². The van der Waals surface area contributed by atoms with E-state index < -0.39 is 0 Å². The van der Waals surface area contributed by atoms with Crippen molar-refractivity contribution in [1.29, 1.82) is 0 Å². The Morgan fingerprint density at radius 3 is 2.67 bits per heavy atom. The van der Waals surface area contributed by atoms with Crippen LogP contribution in [0.15, 0.2) is 36.7 Å². The zero-order chi connectivity index (χ0) is 21.3. The van der Waals surface area contributed by atoms with Crippen molar-refractivity contribution in [2.75, 3.05) is 30.4 Å². The minimum atomic E-state index is -0.245. The van der Waals surface area contributed by atoms with E-state index in [-0.39, 0.29) is 11.9 Å². The lowest BCUT2D eigenvalue weighted by atomic mass is 10.0. The van der Waals surface area contributed by atoms with E-state index in [1.165, 1.54) is 7.11 Å². The van der Waals surface area contributed by atoms with Crippen molar-refractivity contribution in [3.8, 4) is 6.01 Å². The third-order valence-corrected chi connectivity index (χ3v) is 5.29. The van der Waals surface area contributed by atoms with Gasteiger partial charge in [0.25, 0.3) is 5.91 Å². The highest BCUT2D eigenvalue weighted by Crippen LogP contribution is 2.31. The van der Waals surface area contributed by atoms with Gasteiger partial charge >= 0.3 is 6.01 Å². The van der Waals surface area contributed by atoms with Crippen LogP contribution in [-0.4, -0.2) is 53.1 Å².